The summed E-state index contributed by atoms with van der Waals surface area (Å²) >= 11 is 0. The van der Waals surface area contributed by atoms with Crippen molar-refractivity contribution in [3.8, 4) is 5.75 Å². The van der Waals surface area contributed by atoms with Crippen molar-refractivity contribution in [3.05, 3.63) is 41.7 Å². The molecule has 0 aliphatic heterocycles. The molecule has 1 aromatic heterocycles. The highest BCUT2D eigenvalue weighted by atomic mass is 16.3. The van der Waals surface area contributed by atoms with Gasteiger partial charge in [0.2, 0.25) is 0 Å². The lowest BCUT2D eigenvalue weighted by Gasteiger charge is -2.26. The van der Waals surface area contributed by atoms with Gasteiger partial charge in [0.25, 0.3) is 0 Å². The van der Waals surface area contributed by atoms with Gasteiger partial charge in [-0.3, -0.25) is 4.68 Å². The number of anilines is 1. The standard InChI is InChI=1S/C15H19N3O/c1-2-18-10-12(9-16-18)17-15-5-3-4-11-6-7-13(19)8-14(11)15/h6-10,15,17,19H,2-5H2,1H3. The quantitative estimate of drug-likeness (QED) is 0.888. The number of aryl methyl sites for hydroxylation is 2. The normalized spacial score (nSPS) is 18.1. The molecule has 0 amide bonds. The first-order chi connectivity index (χ1) is 9.26. The molecule has 1 aliphatic carbocycles. The van der Waals surface area contributed by atoms with Crippen molar-refractivity contribution in [2.45, 2.75) is 38.8 Å². The number of phenolic OH excluding ortho intramolecular Hbond substituents is 1. The molecule has 0 saturated heterocycles. The number of fused-ring (bicyclic) bond motifs is 1. The summed E-state index contributed by atoms with van der Waals surface area (Å²) in [6.07, 6.45) is 7.25. The number of nitrogens with one attached hydrogen (secondary N) is 1. The first-order valence-electron chi connectivity index (χ1n) is 6.87. The zero-order valence-corrected chi connectivity index (χ0v) is 11.1. The van der Waals surface area contributed by atoms with Crippen LogP contribution in [0.5, 0.6) is 5.75 Å². The van der Waals surface area contributed by atoms with Crippen molar-refractivity contribution in [1.82, 2.24) is 9.78 Å². The Bertz CT molecular complexity index is 577. The van der Waals surface area contributed by atoms with Gasteiger partial charge in [-0.25, -0.2) is 0 Å². The molecule has 19 heavy (non-hydrogen) atoms. The molecule has 0 fully saturated rings. The Labute approximate surface area is 113 Å². The SMILES string of the molecule is CCn1cc(NC2CCCc3ccc(O)cc32)cn1. The van der Waals surface area contributed by atoms with E-state index in [1.54, 1.807) is 6.07 Å². The summed E-state index contributed by atoms with van der Waals surface area (Å²) in [6.45, 7) is 2.95. The molecule has 3 rings (SSSR count). The molecule has 1 unspecified atom stereocenters. The number of rotatable bonds is 3. The number of hydrogen-bond donors (Lipinski definition) is 2. The Hall–Kier alpha value is -1.97. The monoisotopic (exact) mass is 257 g/mol. The highest BCUT2D eigenvalue weighted by Gasteiger charge is 2.20. The maximum absolute atomic E-state index is 9.67. The molecular formula is C15H19N3O. The van der Waals surface area contributed by atoms with Crippen molar-refractivity contribution in [2.75, 3.05) is 5.32 Å². The predicted octanol–water partition coefficient (Wildman–Crippen LogP) is 3.10. The fourth-order valence-electron chi connectivity index (χ4n) is 2.75. The van der Waals surface area contributed by atoms with E-state index in [2.05, 4.69) is 17.3 Å². The van der Waals surface area contributed by atoms with Crippen LogP contribution in [0, 0.1) is 0 Å². The Kier molecular flexibility index (Phi) is 3.15. The van der Waals surface area contributed by atoms with E-state index in [4.69, 9.17) is 0 Å². The third-order valence-corrected chi connectivity index (χ3v) is 3.74. The number of aromatic nitrogens is 2. The lowest BCUT2D eigenvalue weighted by molar-refractivity contribution is 0.471. The molecule has 1 aliphatic rings. The van der Waals surface area contributed by atoms with Gasteiger partial charge in [-0.05, 0) is 49.4 Å². The van der Waals surface area contributed by atoms with E-state index in [9.17, 15) is 5.11 Å². The summed E-state index contributed by atoms with van der Waals surface area (Å²) in [7, 11) is 0. The van der Waals surface area contributed by atoms with Gasteiger partial charge in [0.1, 0.15) is 5.75 Å². The van der Waals surface area contributed by atoms with E-state index < -0.39 is 0 Å². The fraction of sp³-hybridized carbons (Fsp3) is 0.400. The molecule has 1 atom stereocenters. The van der Waals surface area contributed by atoms with Gasteiger partial charge in [0, 0.05) is 12.7 Å². The third-order valence-electron chi connectivity index (χ3n) is 3.74. The van der Waals surface area contributed by atoms with Crippen LogP contribution in [0.2, 0.25) is 0 Å². The van der Waals surface area contributed by atoms with Crippen LogP contribution in [-0.4, -0.2) is 14.9 Å². The molecule has 1 heterocycles. The molecule has 4 nitrogen and oxygen atoms in total. The van der Waals surface area contributed by atoms with E-state index in [0.717, 1.165) is 25.1 Å². The number of hydrogen-bond acceptors (Lipinski definition) is 3. The second-order valence-electron chi connectivity index (χ2n) is 5.06. The molecule has 0 radical (unpaired) electrons. The summed E-state index contributed by atoms with van der Waals surface area (Å²) in [4.78, 5) is 0. The van der Waals surface area contributed by atoms with E-state index in [0.29, 0.717) is 5.75 Å². The fourth-order valence-corrected chi connectivity index (χ4v) is 2.75. The number of phenols is 1. The van der Waals surface area contributed by atoms with Crippen molar-refractivity contribution >= 4 is 5.69 Å². The van der Waals surface area contributed by atoms with E-state index >= 15 is 0 Å². The molecule has 1 aromatic carbocycles. The van der Waals surface area contributed by atoms with Crippen LogP contribution in [-0.2, 0) is 13.0 Å². The second kappa shape index (κ2) is 4.96. The highest BCUT2D eigenvalue weighted by molar-refractivity contribution is 5.46. The van der Waals surface area contributed by atoms with Crippen molar-refractivity contribution in [3.63, 3.8) is 0 Å². The lowest BCUT2D eigenvalue weighted by atomic mass is 9.87. The maximum atomic E-state index is 9.67. The average Bonchev–Trinajstić information content (AvgIpc) is 2.87. The van der Waals surface area contributed by atoms with Crippen molar-refractivity contribution in [2.24, 2.45) is 0 Å². The maximum Gasteiger partial charge on any atom is 0.115 e. The molecule has 4 heteroatoms. The van der Waals surface area contributed by atoms with Gasteiger partial charge in [-0.1, -0.05) is 6.07 Å². The molecule has 0 bridgehead atoms. The van der Waals surface area contributed by atoms with Crippen molar-refractivity contribution in [1.29, 1.82) is 0 Å². The number of aromatic hydroxyl groups is 1. The summed E-state index contributed by atoms with van der Waals surface area (Å²) in [6, 6.07) is 5.96. The summed E-state index contributed by atoms with van der Waals surface area (Å²) in [5, 5.41) is 17.5. The largest absolute Gasteiger partial charge is 0.508 e. The predicted molar refractivity (Wildman–Crippen MR) is 75.3 cm³/mol. The van der Waals surface area contributed by atoms with E-state index in [1.807, 2.05) is 29.2 Å². The smallest absolute Gasteiger partial charge is 0.115 e. The van der Waals surface area contributed by atoms with Gasteiger partial charge in [0.15, 0.2) is 0 Å². The molecule has 100 valence electrons. The van der Waals surface area contributed by atoms with Gasteiger partial charge in [0.05, 0.1) is 17.9 Å². The Morgan fingerprint density at radius 3 is 3.16 bits per heavy atom. The van der Waals surface area contributed by atoms with E-state index in [-0.39, 0.29) is 6.04 Å². The Morgan fingerprint density at radius 1 is 1.47 bits per heavy atom. The molecule has 2 N–H and O–H groups in total. The van der Waals surface area contributed by atoms with Gasteiger partial charge in [-0.15, -0.1) is 0 Å². The van der Waals surface area contributed by atoms with Crippen LogP contribution in [0.15, 0.2) is 30.6 Å². The van der Waals surface area contributed by atoms with Gasteiger partial charge >= 0.3 is 0 Å². The lowest BCUT2D eigenvalue weighted by Crippen LogP contribution is -2.17. The second-order valence-corrected chi connectivity index (χ2v) is 5.06. The summed E-state index contributed by atoms with van der Waals surface area (Å²) in [5.41, 5.74) is 3.60. The average molecular weight is 257 g/mol. The molecule has 0 saturated carbocycles. The van der Waals surface area contributed by atoms with Gasteiger partial charge in [-0.2, -0.15) is 5.10 Å². The molecule has 2 aromatic rings. The van der Waals surface area contributed by atoms with Crippen LogP contribution in [0.3, 0.4) is 0 Å². The van der Waals surface area contributed by atoms with Crippen molar-refractivity contribution < 1.29 is 5.11 Å². The van der Waals surface area contributed by atoms with Gasteiger partial charge < -0.3 is 10.4 Å². The number of benzene rings is 1. The zero-order chi connectivity index (χ0) is 13.2. The van der Waals surface area contributed by atoms with Crippen LogP contribution >= 0.6 is 0 Å². The summed E-state index contributed by atoms with van der Waals surface area (Å²) < 4.78 is 1.91. The third kappa shape index (κ3) is 2.43. The highest BCUT2D eigenvalue weighted by Crippen LogP contribution is 2.34. The van der Waals surface area contributed by atoms with Crippen LogP contribution in [0.1, 0.15) is 36.9 Å². The molecular weight excluding hydrogens is 238 g/mol. The first-order valence-corrected chi connectivity index (χ1v) is 6.87. The van der Waals surface area contributed by atoms with E-state index in [1.165, 1.54) is 17.5 Å². The minimum atomic E-state index is 0.269. The van der Waals surface area contributed by atoms with Crippen LogP contribution in [0.25, 0.3) is 0 Å². The number of nitrogens with zero attached hydrogens (tertiary/aromatic N) is 2. The Morgan fingerprint density at radius 2 is 2.37 bits per heavy atom. The minimum absolute atomic E-state index is 0.269. The molecule has 0 spiro atoms. The summed E-state index contributed by atoms with van der Waals surface area (Å²) in [5.74, 6) is 0.344. The minimum Gasteiger partial charge on any atom is -0.508 e. The first kappa shape index (κ1) is 12.1. The Balaban J connectivity index is 1.84. The topological polar surface area (TPSA) is 50.1 Å². The van der Waals surface area contributed by atoms with Crippen LogP contribution < -0.4 is 5.32 Å². The zero-order valence-electron chi connectivity index (χ0n) is 11.1. The van der Waals surface area contributed by atoms with Crippen LogP contribution in [0.4, 0.5) is 5.69 Å².